The Kier molecular flexibility index (Phi) is 6.50. The normalized spacial score (nSPS) is 10.6. The first-order valence-corrected chi connectivity index (χ1v) is 6.86. The van der Waals surface area contributed by atoms with Gasteiger partial charge in [-0.2, -0.15) is 0 Å². The highest BCUT2D eigenvalue weighted by atomic mass is 123. The van der Waals surface area contributed by atoms with Crippen LogP contribution in [0.3, 0.4) is 0 Å². The highest BCUT2D eigenvalue weighted by Crippen LogP contribution is 2.06. The van der Waals surface area contributed by atoms with E-state index in [0.717, 1.165) is 35.1 Å². The number of unbranched alkanes of at least 4 members (excludes halogenated alkanes) is 1. The van der Waals surface area contributed by atoms with Crippen LogP contribution in [-0.2, 0) is 0 Å². The maximum atomic E-state index is 11.7. The van der Waals surface area contributed by atoms with E-state index in [1.165, 1.54) is 0 Å². The van der Waals surface area contributed by atoms with Crippen LogP contribution in [0.2, 0.25) is 0 Å². The number of benzene rings is 1. The monoisotopic (exact) mass is 342 g/mol. The highest BCUT2D eigenvalue weighted by Gasteiger charge is 2.03. The fraction of sp³-hybridized carbons (Fsp3) is 0.462. The van der Waals surface area contributed by atoms with Crippen LogP contribution in [0, 0.1) is 3.57 Å². The predicted octanol–water partition coefficient (Wildman–Crippen LogP) is 2.36. The Hall–Kier alpha value is -0.620. The topological polar surface area (TPSA) is 32.3 Å². The van der Waals surface area contributed by atoms with Gasteiger partial charge < -0.3 is 10.2 Å². The number of halogens is 1. The molecule has 3 nitrogen and oxygen atoms in total. The fourth-order valence-corrected chi connectivity index (χ4v) is 1.82. The lowest BCUT2D eigenvalue weighted by molar-refractivity contribution is 0.0953. The van der Waals surface area contributed by atoms with Gasteiger partial charge in [0.15, 0.2) is 0 Å². The zero-order chi connectivity index (χ0) is 12.7. The molecular formula is C13H19IN2O. The van der Waals surface area contributed by atoms with Crippen molar-refractivity contribution in [2.24, 2.45) is 0 Å². The second-order valence-electron chi connectivity index (χ2n) is 4.27. The number of nitrogens with one attached hydrogen (secondary N) is 1. The minimum atomic E-state index is 0.0197. The summed E-state index contributed by atoms with van der Waals surface area (Å²) in [5, 5.41) is 2.93. The molecule has 1 rings (SSSR count). The Bertz CT molecular complexity index is 349. The van der Waals surface area contributed by atoms with Crippen molar-refractivity contribution in [2.75, 3.05) is 27.2 Å². The molecule has 0 bridgehead atoms. The van der Waals surface area contributed by atoms with Crippen molar-refractivity contribution in [1.29, 1.82) is 0 Å². The summed E-state index contributed by atoms with van der Waals surface area (Å²) >= 11 is 2.23. The Balaban J connectivity index is 2.23. The van der Waals surface area contributed by atoms with E-state index in [9.17, 15) is 4.79 Å². The molecule has 0 aliphatic rings. The molecule has 17 heavy (non-hydrogen) atoms. The molecule has 94 valence electrons. The van der Waals surface area contributed by atoms with E-state index in [0.29, 0.717) is 0 Å². The van der Waals surface area contributed by atoms with E-state index < -0.39 is 0 Å². The van der Waals surface area contributed by atoms with E-state index >= 15 is 0 Å². The summed E-state index contributed by atoms with van der Waals surface area (Å²) in [4.78, 5) is 13.9. The number of rotatable bonds is 6. The molecule has 0 radical (unpaired) electrons. The van der Waals surface area contributed by atoms with Gasteiger partial charge in [0.05, 0.1) is 0 Å². The number of amides is 1. The quantitative estimate of drug-likeness (QED) is 0.636. The largest absolute Gasteiger partial charge is 0.352 e. The van der Waals surface area contributed by atoms with Crippen molar-refractivity contribution in [3.8, 4) is 0 Å². The molecule has 1 amide bonds. The van der Waals surface area contributed by atoms with E-state index in [1.54, 1.807) is 0 Å². The Labute approximate surface area is 117 Å². The molecule has 0 saturated heterocycles. The molecular weight excluding hydrogens is 323 g/mol. The van der Waals surface area contributed by atoms with Gasteiger partial charge in [-0.3, -0.25) is 4.79 Å². The van der Waals surface area contributed by atoms with Gasteiger partial charge >= 0.3 is 0 Å². The molecule has 0 unspecified atom stereocenters. The van der Waals surface area contributed by atoms with E-state index in [1.807, 2.05) is 24.3 Å². The Morgan fingerprint density at radius 1 is 1.24 bits per heavy atom. The third kappa shape index (κ3) is 6.02. The van der Waals surface area contributed by atoms with Gasteiger partial charge in [0, 0.05) is 15.7 Å². The van der Waals surface area contributed by atoms with Gasteiger partial charge in [-0.1, -0.05) is 0 Å². The summed E-state index contributed by atoms with van der Waals surface area (Å²) in [5.41, 5.74) is 0.734. The van der Waals surface area contributed by atoms with Crippen LogP contribution in [0.1, 0.15) is 23.2 Å². The Morgan fingerprint density at radius 2 is 1.88 bits per heavy atom. The molecule has 0 aromatic heterocycles. The van der Waals surface area contributed by atoms with E-state index in [2.05, 4.69) is 46.9 Å². The van der Waals surface area contributed by atoms with Crippen molar-refractivity contribution < 1.29 is 4.79 Å². The summed E-state index contributed by atoms with van der Waals surface area (Å²) in [5.74, 6) is 0.0197. The van der Waals surface area contributed by atoms with Gasteiger partial charge in [0.25, 0.3) is 5.91 Å². The van der Waals surface area contributed by atoms with Crippen LogP contribution in [-0.4, -0.2) is 38.0 Å². The molecule has 0 heterocycles. The van der Waals surface area contributed by atoms with Crippen molar-refractivity contribution >= 4 is 28.5 Å². The molecule has 0 fully saturated rings. The lowest BCUT2D eigenvalue weighted by Crippen LogP contribution is -2.25. The number of nitrogens with zero attached hydrogens (tertiary/aromatic N) is 1. The van der Waals surface area contributed by atoms with Crippen LogP contribution in [0.25, 0.3) is 0 Å². The van der Waals surface area contributed by atoms with Crippen LogP contribution in [0.5, 0.6) is 0 Å². The van der Waals surface area contributed by atoms with E-state index in [4.69, 9.17) is 0 Å². The minimum Gasteiger partial charge on any atom is -0.352 e. The van der Waals surface area contributed by atoms with Crippen molar-refractivity contribution in [3.05, 3.63) is 33.4 Å². The lowest BCUT2D eigenvalue weighted by Gasteiger charge is -2.09. The average Bonchev–Trinajstić information content (AvgIpc) is 2.29. The number of carbonyl (C=O) groups is 1. The molecule has 1 N–H and O–H groups in total. The highest BCUT2D eigenvalue weighted by molar-refractivity contribution is 14.1. The van der Waals surface area contributed by atoms with Gasteiger partial charge in [0.1, 0.15) is 0 Å². The van der Waals surface area contributed by atoms with Gasteiger partial charge in [-0.25, -0.2) is 0 Å². The Morgan fingerprint density at radius 3 is 2.47 bits per heavy atom. The summed E-state index contributed by atoms with van der Waals surface area (Å²) in [6, 6.07) is 7.61. The summed E-state index contributed by atoms with van der Waals surface area (Å²) in [6.45, 7) is 1.82. The number of hydrogen-bond acceptors (Lipinski definition) is 2. The maximum Gasteiger partial charge on any atom is 0.251 e. The summed E-state index contributed by atoms with van der Waals surface area (Å²) < 4.78 is 1.14. The third-order valence-corrected chi connectivity index (χ3v) is 3.14. The standard InChI is InChI=1S/C13H19IN2O/c1-16(2)10-4-3-9-15-13(17)11-5-7-12(14)8-6-11/h5-8H,3-4,9-10H2,1-2H3,(H,15,17)/i14-4. The van der Waals surface area contributed by atoms with Gasteiger partial charge in [-0.15, -0.1) is 0 Å². The van der Waals surface area contributed by atoms with Crippen molar-refractivity contribution in [1.82, 2.24) is 10.2 Å². The third-order valence-electron chi connectivity index (χ3n) is 2.42. The summed E-state index contributed by atoms with van der Waals surface area (Å²) in [7, 11) is 4.12. The molecule has 0 aliphatic carbocycles. The van der Waals surface area contributed by atoms with Crippen molar-refractivity contribution in [2.45, 2.75) is 12.8 Å². The fourth-order valence-electron chi connectivity index (χ4n) is 1.46. The minimum absolute atomic E-state index is 0.0197. The predicted molar refractivity (Wildman–Crippen MR) is 79.3 cm³/mol. The first kappa shape index (κ1) is 14.4. The van der Waals surface area contributed by atoms with Crippen LogP contribution >= 0.6 is 22.6 Å². The molecule has 0 atom stereocenters. The van der Waals surface area contributed by atoms with Crippen LogP contribution < -0.4 is 5.32 Å². The second-order valence-corrected chi connectivity index (χ2v) is 5.52. The van der Waals surface area contributed by atoms with Crippen LogP contribution in [0.4, 0.5) is 0 Å². The van der Waals surface area contributed by atoms with Gasteiger partial charge in [-0.05, 0) is 80.3 Å². The molecule has 1 aromatic rings. The smallest absolute Gasteiger partial charge is 0.251 e. The molecule has 0 spiro atoms. The zero-order valence-electron chi connectivity index (χ0n) is 10.4. The molecule has 0 saturated carbocycles. The SMILES string of the molecule is CN(C)CCCCNC(=O)c1ccc([123I])cc1. The summed E-state index contributed by atoms with van der Waals surface area (Å²) in [6.07, 6.45) is 2.13. The van der Waals surface area contributed by atoms with Crippen molar-refractivity contribution in [3.63, 3.8) is 0 Å². The second kappa shape index (κ2) is 7.66. The first-order valence-electron chi connectivity index (χ1n) is 5.78. The zero-order valence-corrected chi connectivity index (χ0v) is 12.5. The first-order chi connectivity index (χ1) is 8.09. The molecule has 0 aliphatic heterocycles. The lowest BCUT2D eigenvalue weighted by atomic mass is 10.2. The average molecular weight is 342 g/mol. The number of hydrogen-bond donors (Lipinski definition) is 1. The molecule has 1 aromatic carbocycles. The van der Waals surface area contributed by atoms with E-state index in [-0.39, 0.29) is 5.91 Å². The maximum absolute atomic E-state index is 11.7. The van der Waals surface area contributed by atoms with Gasteiger partial charge in [0.2, 0.25) is 0 Å². The number of carbonyl (C=O) groups excluding carboxylic acids is 1. The molecule has 4 heteroatoms. The van der Waals surface area contributed by atoms with Crippen LogP contribution in [0.15, 0.2) is 24.3 Å².